The number of hydrogen-bond donors (Lipinski definition) is 1. The van der Waals surface area contributed by atoms with Crippen molar-refractivity contribution in [3.63, 3.8) is 0 Å². The third kappa shape index (κ3) is 3.94. The van der Waals surface area contributed by atoms with Crippen molar-refractivity contribution in [2.75, 3.05) is 24.6 Å². The molecule has 34 heavy (non-hydrogen) atoms. The fraction of sp³-hybridized carbons (Fsp3) is 0.185. The van der Waals surface area contributed by atoms with Crippen LogP contribution < -0.4 is 15.0 Å². The first-order valence-electron chi connectivity index (χ1n) is 11.2. The summed E-state index contributed by atoms with van der Waals surface area (Å²) in [6.07, 6.45) is 0. The summed E-state index contributed by atoms with van der Waals surface area (Å²) >= 11 is 6.11. The Bertz CT molecular complexity index is 1290. The Hall–Kier alpha value is -3.64. The van der Waals surface area contributed by atoms with Gasteiger partial charge in [-0.2, -0.15) is 0 Å². The van der Waals surface area contributed by atoms with Crippen LogP contribution in [0, 0.1) is 5.82 Å². The minimum Gasteiger partial charge on any atom is -0.494 e. The van der Waals surface area contributed by atoms with Crippen molar-refractivity contribution in [1.82, 2.24) is 5.32 Å². The Kier molecular flexibility index (Phi) is 6.07. The SMILES string of the molecule is CCOc1ccc(N2C(=O)C3=C(C(c4ccc(Cl)cc4)=NCCN3)[C@H]2c2ccccc2F)cc1. The molecule has 0 bridgehead atoms. The van der Waals surface area contributed by atoms with Crippen molar-refractivity contribution in [1.29, 1.82) is 0 Å². The molecule has 172 valence electrons. The molecule has 0 spiro atoms. The number of carbonyl (C=O) groups excluding carboxylic acids is 1. The van der Waals surface area contributed by atoms with Crippen LogP contribution in [0.15, 0.2) is 89.1 Å². The maximum atomic E-state index is 15.2. The predicted octanol–water partition coefficient (Wildman–Crippen LogP) is 5.31. The Morgan fingerprint density at radius 1 is 1.09 bits per heavy atom. The lowest BCUT2D eigenvalue weighted by atomic mass is 9.91. The van der Waals surface area contributed by atoms with Gasteiger partial charge in [0.05, 0.1) is 24.9 Å². The Balaban J connectivity index is 1.69. The number of anilines is 1. The monoisotopic (exact) mass is 475 g/mol. The number of benzene rings is 3. The highest BCUT2D eigenvalue weighted by molar-refractivity contribution is 6.31. The standard InChI is InChI=1S/C27H23ClFN3O2/c1-2-34-20-13-11-19(12-14-20)32-26(21-5-3-4-6-22(21)29)23-24(17-7-9-18(28)10-8-17)30-15-16-31-25(23)27(32)33/h3-14,26,31H,2,15-16H2,1H3/t26-/m1/s1. The first kappa shape index (κ1) is 22.2. The van der Waals surface area contributed by atoms with Crippen LogP contribution in [0.2, 0.25) is 5.02 Å². The van der Waals surface area contributed by atoms with E-state index in [1.165, 1.54) is 6.07 Å². The third-order valence-corrected chi connectivity index (χ3v) is 6.17. The second-order valence-corrected chi connectivity index (χ2v) is 8.42. The molecule has 2 aliphatic heterocycles. The van der Waals surface area contributed by atoms with Gasteiger partial charge in [0, 0.05) is 34.0 Å². The van der Waals surface area contributed by atoms with Crippen LogP contribution in [0.4, 0.5) is 10.1 Å². The molecular weight excluding hydrogens is 453 g/mol. The highest BCUT2D eigenvalue weighted by atomic mass is 35.5. The van der Waals surface area contributed by atoms with Gasteiger partial charge in [0.1, 0.15) is 17.3 Å². The number of amides is 1. The zero-order valence-electron chi connectivity index (χ0n) is 18.6. The van der Waals surface area contributed by atoms with Gasteiger partial charge in [-0.3, -0.25) is 14.7 Å². The molecule has 3 aromatic carbocycles. The molecule has 1 N–H and O–H groups in total. The van der Waals surface area contributed by atoms with Gasteiger partial charge in [-0.1, -0.05) is 41.9 Å². The fourth-order valence-corrected chi connectivity index (χ4v) is 4.58. The fourth-order valence-electron chi connectivity index (χ4n) is 4.45. The second-order valence-electron chi connectivity index (χ2n) is 7.98. The highest BCUT2D eigenvalue weighted by Gasteiger charge is 2.44. The molecule has 0 fully saturated rings. The van der Waals surface area contributed by atoms with E-state index in [4.69, 9.17) is 21.3 Å². The minimum atomic E-state index is -0.693. The topological polar surface area (TPSA) is 53.9 Å². The summed E-state index contributed by atoms with van der Waals surface area (Å²) in [6.45, 7) is 3.45. The molecule has 7 heteroatoms. The number of hydrogen-bond acceptors (Lipinski definition) is 4. The third-order valence-electron chi connectivity index (χ3n) is 5.92. The van der Waals surface area contributed by atoms with Crippen molar-refractivity contribution in [2.24, 2.45) is 4.99 Å². The van der Waals surface area contributed by atoms with E-state index in [0.29, 0.717) is 58.7 Å². The number of nitrogens with one attached hydrogen (secondary N) is 1. The molecule has 2 aliphatic rings. The van der Waals surface area contributed by atoms with Crippen LogP contribution in [0.1, 0.15) is 24.1 Å². The molecule has 5 rings (SSSR count). The van der Waals surface area contributed by atoms with Gasteiger partial charge in [-0.25, -0.2) is 4.39 Å². The highest BCUT2D eigenvalue weighted by Crippen LogP contribution is 2.43. The molecule has 0 saturated carbocycles. The number of ether oxygens (including phenoxy) is 1. The van der Waals surface area contributed by atoms with Gasteiger partial charge in [0.15, 0.2) is 0 Å². The molecule has 3 aromatic rings. The Labute approximate surface area is 202 Å². The lowest BCUT2D eigenvalue weighted by Crippen LogP contribution is -2.34. The summed E-state index contributed by atoms with van der Waals surface area (Å²) in [5.41, 5.74) is 3.62. The van der Waals surface area contributed by atoms with E-state index in [-0.39, 0.29) is 11.7 Å². The second kappa shape index (κ2) is 9.31. The summed E-state index contributed by atoms with van der Waals surface area (Å²) in [6, 6.07) is 20.5. The van der Waals surface area contributed by atoms with Crippen LogP contribution in [-0.4, -0.2) is 31.3 Å². The molecule has 1 amide bonds. The van der Waals surface area contributed by atoms with Crippen LogP contribution in [-0.2, 0) is 4.79 Å². The first-order valence-corrected chi connectivity index (χ1v) is 11.6. The van der Waals surface area contributed by atoms with Crippen LogP contribution in [0.25, 0.3) is 0 Å². The minimum absolute atomic E-state index is 0.226. The molecule has 0 radical (unpaired) electrons. The summed E-state index contributed by atoms with van der Waals surface area (Å²) in [7, 11) is 0. The zero-order valence-corrected chi connectivity index (χ0v) is 19.3. The molecule has 1 atom stereocenters. The lowest BCUT2D eigenvalue weighted by Gasteiger charge is -2.28. The van der Waals surface area contributed by atoms with Crippen LogP contribution >= 0.6 is 11.6 Å². The van der Waals surface area contributed by atoms with Gasteiger partial charge < -0.3 is 10.1 Å². The largest absolute Gasteiger partial charge is 0.494 e. The zero-order chi connectivity index (χ0) is 23.7. The van der Waals surface area contributed by atoms with E-state index in [1.54, 1.807) is 35.2 Å². The molecule has 0 aliphatic carbocycles. The van der Waals surface area contributed by atoms with Crippen molar-refractivity contribution < 1.29 is 13.9 Å². The molecule has 5 nitrogen and oxygen atoms in total. The average molecular weight is 476 g/mol. The lowest BCUT2D eigenvalue weighted by molar-refractivity contribution is -0.115. The van der Waals surface area contributed by atoms with Crippen molar-refractivity contribution >= 4 is 28.9 Å². The summed E-state index contributed by atoms with van der Waals surface area (Å²) in [5, 5.41) is 3.86. The molecule has 2 heterocycles. The average Bonchev–Trinajstić information content (AvgIpc) is 2.98. The van der Waals surface area contributed by atoms with E-state index in [1.807, 2.05) is 43.3 Å². The van der Waals surface area contributed by atoms with Gasteiger partial charge in [0.2, 0.25) is 0 Å². The number of rotatable bonds is 5. The maximum Gasteiger partial charge on any atom is 0.275 e. The number of aliphatic imine (C=N–C) groups is 1. The van der Waals surface area contributed by atoms with Gasteiger partial charge in [0.25, 0.3) is 5.91 Å². The normalized spacial score (nSPS) is 17.7. The summed E-state index contributed by atoms with van der Waals surface area (Å²) in [5.74, 6) is 0.0945. The van der Waals surface area contributed by atoms with E-state index >= 15 is 4.39 Å². The molecule has 0 aromatic heterocycles. The van der Waals surface area contributed by atoms with E-state index in [9.17, 15) is 4.79 Å². The van der Waals surface area contributed by atoms with Crippen LogP contribution in [0.3, 0.4) is 0 Å². The van der Waals surface area contributed by atoms with E-state index < -0.39 is 6.04 Å². The molecular formula is C27H23ClFN3O2. The van der Waals surface area contributed by atoms with Crippen molar-refractivity contribution in [3.05, 3.63) is 106 Å². The summed E-state index contributed by atoms with van der Waals surface area (Å²) < 4.78 is 20.8. The predicted molar refractivity (Wildman–Crippen MR) is 132 cm³/mol. The van der Waals surface area contributed by atoms with Crippen molar-refractivity contribution in [3.8, 4) is 5.75 Å². The van der Waals surface area contributed by atoms with Gasteiger partial charge >= 0.3 is 0 Å². The first-order chi connectivity index (χ1) is 16.6. The van der Waals surface area contributed by atoms with Gasteiger partial charge in [-0.05, 0) is 49.4 Å². The van der Waals surface area contributed by atoms with E-state index in [2.05, 4.69) is 5.32 Å². The van der Waals surface area contributed by atoms with Crippen LogP contribution in [0.5, 0.6) is 5.75 Å². The Morgan fingerprint density at radius 2 is 1.82 bits per heavy atom. The quantitative estimate of drug-likeness (QED) is 0.544. The van der Waals surface area contributed by atoms with Gasteiger partial charge in [-0.15, -0.1) is 0 Å². The number of carbonyl (C=O) groups is 1. The van der Waals surface area contributed by atoms with Crippen molar-refractivity contribution in [2.45, 2.75) is 13.0 Å². The summed E-state index contributed by atoms with van der Waals surface area (Å²) in [4.78, 5) is 20.2. The molecule has 0 saturated heterocycles. The maximum absolute atomic E-state index is 15.2. The number of nitrogens with zero attached hydrogens (tertiary/aromatic N) is 2. The van der Waals surface area contributed by atoms with E-state index in [0.717, 1.165) is 5.56 Å². The smallest absolute Gasteiger partial charge is 0.275 e. The molecule has 0 unspecified atom stereocenters. The Morgan fingerprint density at radius 3 is 2.53 bits per heavy atom. The number of halogens is 2.